The maximum absolute atomic E-state index is 11.9. The molecule has 0 aliphatic rings. The van der Waals surface area contributed by atoms with Crippen LogP contribution in [-0.2, 0) is 4.74 Å². The van der Waals surface area contributed by atoms with E-state index in [1.807, 2.05) is 13.0 Å². The van der Waals surface area contributed by atoms with E-state index in [4.69, 9.17) is 10.00 Å². The van der Waals surface area contributed by atoms with E-state index in [-0.39, 0.29) is 29.2 Å². The molecule has 1 heterocycles. The number of nitrogens with one attached hydrogen (secondary N) is 1. The summed E-state index contributed by atoms with van der Waals surface area (Å²) in [5.41, 5.74) is 0.244. The summed E-state index contributed by atoms with van der Waals surface area (Å²) in [6, 6.07) is 3.19. The number of nitrogens with zero attached hydrogens (tertiary/aromatic N) is 2. The third-order valence-corrected chi connectivity index (χ3v) is 2.60. The van der Waals surface area contributed by atoms with Gasteiger partial charge in [0.1, 0.15) is 23.1 Å². The molecule has 0 aliphatic carbocycles. The summed E-state index contributed by atoms with van der Waals surface area (Å²) in [5.74, 6) is -0.286. The number of aldehydes is 1. The zero-order chi connectivity index (χ0) is 15.0. The van der Waals surface area contributed by atoms with Crippen molar-refractivity contribution in [3.05, 3.63) is 22.9 Å². The minimum absolute atomic E-state index is 0.0135. The molecule has 0 radical (unpaired) electrons. The van der Waals surface area contributed by atoms with Gasteiger partial charge in [-0.3, -0.25) is 4.79 Å². The molecule has 1 aromatic rings. The van der Waals surface area contributed by atoms with Crippen LogP contribution in [0.25, 0.3) is 0 Å². The first-order valence-corrected chi connectivity index (χ1v) is 6.49. The van der Waals surface area contributed by atoms with Crippen LogP contribution in [0.4, 0.5) is 5.82 Å². The fourth-order valence-electron chi connectivity index (χ4n) is 1.59. The van der Waals surface area contributed by atoms with Crippen molar-refractivity contribution < 1.29 is 14.3 Å². The number of ether oxygens (including phenoxy) is 1. The average molecular weight is 275 g/mol. The van der Waals surface area contributed by atoms with Gasteiger partial charge in [0.25, 0.3) is 0 Å². The van der Waals surface area contributed by atoms with Crippen LogP contribution in [0.3, 0.4) is 0 Å². The van der Waals surface area contributed by atoms with Crippen molar-refractivity contribution in [3.63, 3.8) is 0 Å². The van der Waals surface area contributed by atoms with Crippen LogP contribution >= 0.6 is 0 Å². The van der Waals surface area contributed by atoms with Gasteiger partial charge in [-0.1, -0.05) is 13.3 Å². The minimum Gasteiger partial charge on any atom is -0.462 e. The van der Waals surface area contributed by atoms with E-state index in [2.05, 4.69) is 10.3 Å². The van der Waals surface area contributed by atoms with Crippen molar-refractivity contribution >= 4 is 18.1 Å². The smallest absolute Gasteiger partial charge is 0.341 e. The van der Waals surface area contributed by atoms with Crippen molar-refractivity contribution in [3.8, 4) is 6.07 Å². The fraction of sp³-hybridized carbons (Fsp3) is 0.429. The number of nitriles is 1. The van der Waals surface area contributed by atoms with Gasteiger partial charge in [0.05, 0.1) is 12.2 Å². The van der Waals surface area contributed by atoms with E-state index in [0.29, 0.717) is 12.8 Å². The molecule has 0 amide bonds. The Morgan fingerprint density at radius 1 is 1.55 bits per heavy atom. The summed E-state index contributed by atoms with van der Waals surface area (Å²) in [5, 5.41) is 12.0. The summed E-state index contributed by atoms with van der Waals surface area (Å²) in [4.78, 5) is 26.8. The molecule has 20 heavy (non-hydrogen) atoms. The van der Waals surface area contributed by atoms with E-state index in [1.54, 1.807) is 6.92 Å². The fourth-order valence-corrected chi connectivity index (χ4v) is 1.59. The van der Waals surface area contributed by atoms with Crippen LogP contribution in [0.2, 0.25) is 0 Å². The zero-order valence-corrected chi connectivity index (χ0v) is 11.6. The summed E-state index contributed by atoms with van der Waals surface area (Å²) < 4.78 is 4.93. The quantitative estimate of drug-likeness (QED) is 0.465. The molecule has 0 bridgehead atoms. The van der Waals surface area contributed by atoms with E-state index in [9.17, 15) is 9.59 Å². The molecule has 0 saturated heterocycles. The van der Waals surface area contributed by atoms with Crippen molar-refractivity contribution in [2.75, 3.05) is 18.5 Å². The van der Waals surface area contributed by atoms with E-state index >= 15 is 0 Å². The lowest BCUT2D eigenvalue weighted by molar-refractivity contribution is 0.0527. The molecule has 0 fully saturated rings. The second kappa shape index (κ2) is 7.89. The van der Waals surface area contributed by atoms with Crippen LogP contribution in [0, 0.1) is 11.3 Å². The first-order valence-electron chi connectivity index (χ1n) is 6.49. The van der Waals surface area contributed by atoms with Gasteiger partial charge >= 0.3 is 5.97 Å². The highest BCUT2D eigenvalue weighted by Crippen LogP contribution is 2.18. The lowest BCUT2D eigenvalue weighted by Crippen LogP contribution is -2.14. The molecule has 0 unspecified atom stereocenters. The second-order valence-electron chi connectivity index (χ2n) is 4.05. The molecule has 1 rings (SSSR count). The first-order chi connectivity index (χ1) is 9.67. The molecule has 1 aromatic heterocycles. The Morgan fingerprint density at radius 3 is 2.85 bits per heavy atom. The molecule has 1 N–H and O–H groups in total. The van der Waals surface area contributed by atoms with Crippen LogP contribution < -0.4 is 5.32 Å². The monoisotopic (exact) mass is 275 g/mol. The third kappa shape index (κ3) is 3.79. The highest BCUT2D eigenvalue weighted by atomic mass is 16.5. The van der Waals surface area contributed by atoms with Crippen LogP contribution in [-0.4, -0.2) is 30.4 Å². The van der Waals surface area contributed by atoms with Crippen LogP contribution in [0.15, 0.2) is 6.07 Å². The number of carbonyl (C=O) groups is 2. The van der Waals surface area contributed by atoms with Gasteiger partial charge in [0.15, 0.2) is 6.29 Å². The van der Waals surface area contributed by atoms with Gasteiger partial charge in [-0.25, -0.2) is 9.78 Å². The zero-order valence-electron chi connectivity index (χ0n) is 11.6. The molecule has 0 saturated carbocycles. The number of esters is 1. The van der Waals surface area contributed by atoms with Gasteiger partial charge in [0, 0.05) is 6.54 Å². The molecule has 0 spiro atoms. The molecule has 0 aliphatic heterocycles. The topological polar surface area (TPSA) is 92.1 Å². The summed E-state index contributed by atoms with van der Waals surface area (Å²) in [6.45, 7) is 4.59. The Kier molecular flexibility index (Phi) is 6.17. The number of hydrogen-bond acceptors (Lipinski definition) is 6. The number of aromatic nitrogens is 1. The Hall–Kier alpha value is -2.42. The SMILES string of the molecule is CCCCNc1nc(C=O)c(C#N)cc1C(=O)OCC. The van der Waals surface area contributed by atoms with Gasteiger partial charge in [-0.2, -0.15) is 5.26 Å². The number of pyridine rings is 1. The Balaban J connectivity index is 3.18. The number of rotatable bonds is 7. The summed E-state index contributed by atoms with van der Waals surface area (Å²) in [7, 11) is 0. The first kappa shape index (κ1) is 15.6. The molecule has 6 heteroatoms. The lowest BCUT2D eigenvalue weighted by Gasteiger charge is -2.11. The molecule has 106 valence electrons. The molecular formula is C14H17N3O3. The predicted octanol–water partition coefficient (Wildman–Crippen LogP) is 2.15. The maximum Gasteiger partial charge on any atom is 0.341 e. The standard InChI is InChI=1S/C14H17N3O3/c1-3-5-6-16-13-11(14(19)20-4-2)7-10(8-15)12(9-18)17-13/h7,9H,3-6H2,1-2H3,(H,16,17). The molecular weight excluding hydrogens is 258 g/mol. The van der Waals surface area contributed by atoms with Crippen molar-refractivity contribution in [1.82, 2.24) is 4.98 Å². The van der Waals surface area contributed by atoms with E-state index in [0.717, 1.165) is 12.8 Å². The highest BCUT2D eigenvalue weighted by Gasteiger charge is 2.18. The average Bonchev–Trinajstić information content (AvgIpc) is 2.47. The molecule has 6 nitrogen and oxygen atoms in total. The number of unbranched alkanes of at least 4 members (excludes halogenated alkanes) is 1. The van der Waals surface area contributed by atoms with Gasteiger partial charge in [-0.05, 0) is 19.4 Å². The number of hydrogen-bond donors (Lipinski definition) is 1. The minimum atomic E-state index is -0.562. The second-order valence-corrected chi connectivity index (χ2v) is 4.05. The van der Waals surface area contributed by atoms with Gasteiger partial charge in [-0.15, -0.1) is 0 Å². The van der Waals surface area contributed by atoms with E-state index < -0.39 is 5.97 Å². The highest BCUT2D eigenvalue weighted by molar-refractivity contribution is 5.96. The summed E-state index contributed by atoms with van der Waals surface area (Å²) in [6.07, 6.45) is 2.39. The molecule has 0 aromatic carbocycles. The Labute approximate surface area is 117 Å². The molecule has 0 atom stereocenters. The van der Waals surface area contributed by atoms with Crippen molar-refractivity contribution in [2.24, 2.45) is 0 Å². The van der Waals surface area contributed by atoms with Crippen LogP contribution in [0.5, 0.6) is 0 Å². The number of anilines is 1. The van der Waals surface area contributed by atoms with Crippen molar-refractivity contribution in [2.45, 2.75) is 26.7 Å². The Bertz CT molecular complexity index is 535. The van der Waals surface area contributed by atoms with Crippen LogP contribution in [0.1, 0.15) is 53.1 Å². The van der Waals surface area contributed by atoms with E-state index in [1.165, 1.54) is 6.07 Å². The Morgan fingerprint density at radius 2 is 2.30 bits per heavy atom. The predicted molar refractivity (Wildman–Crippen MR) is 73.7 cm³/mol. The van der Waals surface area contributed by atoms with Crippen molar-refractivity contribution in [1.29, 1.82) is 5.26 Å². The van der Waals surface area contributed by atoms with Gasteiger partial charge < -0.3 is 10.1 Å². The third-order valence-electron chi connectivity index (χ3n) is 2.60. The normalized spacial score (nSPS) is 9.65. The lowest BCUT2D eigenvalue weighted by atomic mass is 10.1. The van der Waals surface area contributed by atoms with Gasteiger partial charge in [0.2, 0.25) is 0 Å². The maximum atomic E-state index is 11.9. The number of carbonyl (C=O) groups excluding carboxylic acids is 2. The summed E-state index contributed by atoms with van der Waals surface area (Å²) >= 11 is 0. The largest absolute Gasteiger partial charge is 0.462 e.